The first-order chi connectivity index (χ1) is 6.17. The van der Waals surface area contributed by atoms with E-state index in [0.29, 0.717) is 5.47 Å². The summed E-state index contributed by atoms with van der Waals surface area (Å²) in [6, 6.07) is 0. The Labute approximate surface area is 85.6 Å². The van der Waals surface area contributed by atoms with E-state index in [1.54, 1.807) is 6.92 Å². The molecule has 1 heterocycles. The van der Waals surface area contributed by atoms with Crippen LogP contribution in [0.2, 0.25) is 0 Å². The zero-order chi connectivity index (χ0) is 11.1. The predicted octanol–water partition coefficient (Wildman–Crippen LogP) is 2.88. The van der Waals surface area contributed by atoms with Gasteiger partial charge in [-0.15, -0.1) is 0 Å². The fourth-order valence-electron chi connectivity index (χ4n) is 1.18. The summed E-state index contributed by atoms with van der Waals surface area (Å²) in [4.78, 5) is 0. The van der Waals surface area contributed by atoms with Crippen molar-refractivity contribution in [2.24, 2.45) is 0 Å². The zero-order valence-corrected chi connectivity index (χ0v) is 9.77. The van der Waals surface area contributed by atoms with Gasteiger partial charge in [0.2, 0.25) is 0 Å². The molecule has 0 aromatic heterocycles. The van der Waals surface area contributed by atoms with Crippen molar-refractivity contribution in [3.63, 3.8) is 0 Å². The van der Waals surface area contributed by atoms with Crippen LogP contribution in [0.1, 0.15) is 41.5 Å². The second kappa shape index (κ2) is 3.35. The Bertz CT molecular complexity index is 251. The van der Waals surface area contributed by atoms with Gasteiger partial charge in [-0.2, -0.15) is 0 Å². The van der Waals surface area contributed by atoms with Crippen molar-refractivity contribution in [2.45, 2.75) is 52.7 Å². The van der Waals surface area contributed by atoms with E-state index in [4.69, 9.17) is 9.31 Å². The minimum Gasteiger partial charge on any atom is -0.400 e. The molecule has 14 heavy (non-hydrogen) atoms. The number of hydrogen-bond donors (Lipinski definition) is 0. The molecule has 0 bridgehead atoms. The van der Waals surface area contributed by atoms with E-state index in [1.807, 2.05) is 27.7 Å². The van der Waals surface area contributed by atoms with Gasteiger partial charge in [0.15, 0.2) is 0 Å². The van der Waals surface area contributed by atoms with Crippen molar-refractivity contribution in [1.29, 1.82) is 0 Å². The standard InChI is InChI=1S/C10H18BFO2/c1-7(8(2)12)11-13-9(3,4)10(5,6)14-11/h1-6H3. The van der Waals surface area contributed by atoms with E-state index in [1.165, 1.54) is 6.92 Å². The van der Waals surface area contributed by atoms with Gasteiger partial charge in [-0.05, 0) is 47.0 Å². The summed E-state index contributed by atoms with van der Waals surface area (Å²) >= 11 is 0. The quantitative estimate of drug-likeness (QED) is 0.606. The molecular weight excluding hydrogens is 182 g/mol. The first-order valence-corrected chi connectivity index (χ1v) is 4.86. The van der Waals surface area contributed by atoms with Crippen molar-refractivity contribution in [3.8, 4) is 0 Å². The van der Waals surface area contributed by atoms with Gasteiger partial charge in [-0.25, -0.2) is 4.39 Å². The SMILES string of the molecule is CC(F)=C(C)B1OC(C)(C)C(C)(C)O1. The third-order valence-corrected chi connectivity index (χ3v) is 3.15. The van der Waals surface area contributed by atoms with Crippen LogP contribution in [0.5, 0.6) is 0 Å². The molecule has 0 N–H and O–H groups in total. The molecule has 0 spiro atoms. The van der Waals surface area contributed by atoms with E-state index in [9.17, 15) is 4.39 Å². The third-order valence-electron chi connectivity index (χ3n) is 3.15. The second-order valence-corrected chi connectivity index (χ2v) is 4.80. The van der Waals surface area contributed by atoms with Crippen LogP contribution in [0, 0.1) is 0 Å². The Morgan fingerprint density at radius 2 is 1.36 bits per heavy atom. The zero-order valence-electron chi connectivity index (χ0n) is 9.77. The molecule has 0 aromatic carbocycles. The Morgan fingerprint density at radius 3 is 1.64 bits per heavy atom. The number of rotatable bonds is 1. The van der Waals surface area contributed by atoms with Crippen LogP contribution >= 0.6 is 0 Å². The van der Waals surface area contributed by atoms with Crippen molar-refractivity contribution in [2.75, 3.05) is 0 Å². The smallest absolute Gasteiger partial charge is 0.400 e. The van der Waals surface area contributed by atoms with E-state index in [2.05, 4.69) is 0 Å². The fraction of sp³-hybridized carbons (Fsp3) is 0.800. The van der Waals surface area contributed by atoms with Gasteiger partial charge >= 0.3 is 7.12 Å². The van der Waals surface area contributed by atoms with Crippen LogP contribution in [-0.4, -0.2) is 18.3 Å². The van der Waals surface area contributed by atoms with E-state index < -0.39 is 18.3 Å². The third kappa shape index (κ3) is 1.86. The summed E-state index contributed by atoms with van der Waals surface area (Å²) in [5.41, 5.74) is -0.272. The minimum atomic E-state index is -0.551. The Hall–Kier alpha value is -0.345. The molecule has 2 nitrogen and oxygen atoms in total. The van der Waals surface area contributed by atoms with Crippen LogP contribution in [0.3, 0.4) is 0 Å². The highest BCUT2D eigenvalue weighted by Crippen LogP contribution is 2.38. The maximum atomic E-state index is 13.0. The monoisotopic (exact) mass is 200 g/mol. The lowest BCUT2D eigenvalue weighted by Gasteiger charge is -2.32. The lowest BCUT2D eigenvalue weighted by Crippen LogP contribution is -2.41. The maximum Gasteiger partial charge on any atom is 0.492 e. The summed E-state index contributed by atoms with van der Waals surface area (Å²) < 4.78 is 24.3. The van der Waals surface area contributed by atoms with Crippen molar-refractivity contribution >= 4 is 7.12 Å². The van der Waals surface area contributed by atoms with Crippen molar-refractivity contribution < 1.29 is 13.7 Å². The van der Waals surface area contributed by atoms with Crippen LogP contribution in [0.15, 0.2) is 11.3 Å². The van der Waals surface area contributed by atoms with Crippen LogP contribution in [-0.2, 0) is 9.31 Å². The molecule has 0 unspecified atom stereocenters. The Kier molecular flexibility index (Phi) is 2.81. The summed E-state index contributed by atoms with van der Waals surface area (Å²) in [5, 5.41) is 0. The molecule has 80 valence electrons. The Morgan fingerprint density at radius 1 is 1.00 bits per heavy atom. The predicted molar refractivity (Wildman–Crippen MR) is 55.6 cm³/mol. The van der Waals surface area contributed by atoms with Crippen LogP contribution in [0.4, 0.5) is 4.39 Å². The number of allylic oxidation sites excluding steroid dienone is 2. The highest BCUT2D eigenvalue weighted by Gasteiger charge is 2.52. The lowest BCUT2D eigenvalue weighted by atomic mass is 9.79. The average Bonchev–Trinajstić information content (AvgIpc) is 2.20. The van der Waals surface area contributed by atoms with E-state index in [0.717, 1.165) is 0 Å². The van der Waals surface area contributed by atoms with Gasteiger partial charge in [0.25, 0.3) is 0 Å². The van der Waals surface area contributed by atoms with Crippen LogP contribution in [0.25, 0.3) is 0 Å². The highest BCUT2D eigenvalue weighted by molar-refractivity contribution is 6.54. The molecule has 1 aliphatic rings. The molecule has 1 rings (SSSR count). The van der Waals surface area contributed by atoms with Gasteiger partial charge in [0.1, 0.15) is 0 Å². The summed E-state index contributed by atoms with van der Waals surface area (Å²) in [5.74, 6) is -0.233. The number of hydrogen-bond acceptors (Lipinski definition) is 2. The van der Waals surface area contributed by atoms with E-state index >= 15 is 0 Å². The number of halogens is 1. The lowest BCUT2D eigenvalue weighted by molar-refractivity contribution is 0.00578. The molecule has 0 radical (unpaired) electrons. The van der Waals surface area contributed by atoms with Crippen molar-refractivity contribution in [3.05, 3.63) is 11.3 Å². The van der Waals surface area contributed by atoms with Gasteiger partial charge in [-0.1, -0.05) is 0 Å². The van der Waals surface area contributed by atoms with Crippen LogP contribution < -0.4 is 0 Å². The molecule has 1 saturated heterocycles. The molecule has 0 amide bonds. The molecule has 4 heteroatoms. The molecule has 0 aliphatic carbocycles. The molecular formula is C10H18BFO2. The molecule has 0 aromatic rings. The first kappa shape index (κ1) is 11.7. The molecule has 0 atom stereocenters. The maximum absolute atomic E-state index is 13.0. The van der Waals surface area contributed by atoms with Gasteiger partial charge in [-0.3, -0.25) is 0 Å². The van der Waals surface area contributed by atoms with Gasteiger partial charge < -0.3 is 9.31 Å². The minimum absolute atomic E-state index is 0.233. The topological polar surface area (TPSA) is 18.5 Å². The van der Waals surface area contributed by atoms with Crippen molar-refractivity contribution in [1.82, 2.24) is 0 Å². The highest BCUT2D eigenvalue weighted by atomic mass is 19.1. The largest absolute Gasteiger partial charge is 0.492 e. The fourth-order valence-corrected chi connectivity index (χ4v) is 1.18. The average molecular weight is 200 g/mol. The summed E-state index contributed by atoms with van der Waals surface area (Å²) in [7, 11) is -0.551. The van der Waals surface area contributed by atoms with Gasteiger partial charge in [0, 0.05) is 0 Å². The summed E-state index contributed by atoms with van der Waals surface area (Å²) in [6.07, 6.45) is 0. The van der Waals surface area contributed by atoms with Gasteiger partial charge in [0.05, 0.1) is 17.0 Å². The Balaban J connectivity index is 2.89. The molecule has 0 saturated carbocycles. The summed E-state index contributed by atoms with van der Waals surface area (Å²) in [6.45, 7) is 10.9. The second-order valence-electron chi connectivity index (χ2n) is 4.80. The van der Waals surface area contributed by atoms with E-state index in [-0.39, 0.29) is 5.83 Å². The molecule has 1 aliphatic heterocycles. The normalized spacial score (nSPS) is 26.4. The first-order valence-electron chi connectivity index (χ1n) is 4.86. The molecule has 1 fully saturated rings.